The summed E-state index contributed by atoms with van der Waals surface area (Å²) >= 11 is 4.34. The molecule has 2 aromatic rings. The van der Waals surface area contributed by atoms with Crippen molar-refractivity contribution in [2.24, 2.45) is 0 Å². The summed E-state index contributed by atoms with van der Waals surface area (Å²) in [5, 5.41) is 4.77. The molecule has 0 spiro atoms. The molecule has 1 N–H and O–H groups in total. The van der Waals surface area contributed by atoms with Gasteiger partial charge in [-0.1, -0.05) is 51.8 Å². The summed E-state index contributed by atoms with van der Waals surface area (Å²) in [6, 6.07) is 3.73. The zero-order valence-electron chi connectivity index (χ0n) is 13.6. The van der Waals surface area contributed by atoms with Gasteiger partial charge in [0.05, 0.1) is 0 Å². The first-order valence-electron chi connectivity index (χ1n) is 7.26. The first kappa shape index (κ1) is 23.5. The molecule has 0 saturated carbocycles. The van der Waals surface area contributed by atoms with E-state index in [1.54, 1.807) is 6.20 Å². The number of imidazole rings is 1. The summed E-state index contributed by atoms with van der Waals surface area (Å²) in [4.78, 5) is 10.6. The molecule has 1 unspecified atom stereocenters. The number of rotatable bonds is 5. The monoisotopic (exact) mass is 334 g/mol. The van der Waals surface area contributed by atoms with E-state index in [1.807, 2.05) is 26.0 Å². The normalized spacial score (nSPS) is 10.5. The van der Waals surface area contributed by atoms with Crippen LogP contribution in [-0.2, 0) is 0 Å². The maximum absolute atomic E-state index is 4.34. The number of hydrogen-bond donors (Lipinski definition) is 2. The number of aromatic nitrogens is 3. The second-order valence-electron chi connectivity index (χ2n) is 3.83. The largest absolute Gasteiger partial charge is 2.00 e. The average molecular weight is 335 g/mol. The van der Waals surface area contributed by atoms with Crippen molar-refractivity contribution in [2.45, 2.75) is 45.8 Å². The Morgan fingerprint density at radius 1 is 1.38 bits per heavy atom. The second-order valence-corrected chi connectivity index (χ2v) is 4.56. The van der Waals surface area contributed by atoms with E-state index in [0.29, 0.717) is 5.25 Å². The van der Waals surface area contributed by atoms with Gasteiger partial charge in [0, 0.05) is 11.8 Å². The summed E-state index contributed by atoms with van der Waals surface area (Å²) in [7, 11) is 0. The Morgan fingerprint density at radius 2 is 2.10 bits per heavy atom. The fraction of sp³-hybridized carbons (Fsp3) is 0.600. The Balaban J connectivity index is 0. The predicted octanol–water partition coefficient (Wildman–Crippen LogP) is 3.88. The molecule has 2 aromatic heterocycles. The van der Waals surface area contributed by atoms with Gasteiger partial charge in [-0.2, -0.15) is 19.2 Å². The molecule has 0 bridgehead atoms. The van der Waals surface area contributed by atoms with Crippen molar-refractivity contribution in [3.05, 3.63) is 30.0 Å². The Kier molecular flexibility index (Phi) is 18.5. The molecule has 2 heterocycles. The van der Waals surface area contributed by atoms with Crippen molar-refractivity contribution >= 4 is 61.5 Å². The SMILES string of the molecule is CC.CC[N-]CCC(S)CC.[Ca+2].[c-]1nc2cccnc2[nH]1. The van der Waals surface area contributed by atoms with Gasteiger partial charge in [-0.3, -0.25) is 0 Å². The van der Waals surface area contributed by atoms with Crippen LogP contribution in [0.2, 0.25) is 0 Å². The number of nitrogens with one attached hydrogen (secondary N) is 1. The summed E-state index contributed by atoms with van der Waals surface area (Å²) in [5.74, 6) is 0. The maximum Gasteiger partial charge on any atom is 2.00 e. The smallest absolute Gasteiger partial charge is 0.662 e. The number of aromatic amines is 1. The van der Waals surface area contributed by atoms with Crippen LogP contribution in [-0.4, -0.2) is 71.0 Å². The average Bonchev–Trinajstić information content (AvgIpc) is 2.98. The van der Waals surface area contributed by atoms with Crippen molar-refractivity contribution in [1.82, 2.24) is 15.0 Å². The van der Waals surface area contributed by atoms with Crippen molar-refractivity contribution in [3.63, 3.8) is 0 Å². The standard InChI is InChI=1S/C7H16NS.C6H4N3.C2H6.Ca/c1-3-7(9)5-6-8-4-2;1-2-5-6(7-3-1)9-4-8-5;1-2;/h7,9H,3-6H2,1-2H3;1-3H,(H,7,8,9);1-2H3;/q2*-1;;+2. The molecule has 0 aliphatic heterocycles. The van der Waals surface area contributed by atoms with Crippen LogP contribution in [0.4, 0.5) is 0 Å². The molecule has 2 rings (SSSR count). The van der Waals surface area contributed by atoms with Gasteiger partial charge >= 0.3 is 37.7 Å². The number of pyridine rings is 1. The first-order chi connectivity index (χ1) is 9.77. The number of nitrogens with zero attached hydrogens (tertiary/aromatic N) is 3. The minimum Gasteiger partial charge on any atom is -0.662 e. The van der Waals surface area contributed by atoms with Crippen LogP contribution in [0, 0.1) is 6.33 Å². The molecule has 0 amide bonds. The van der Waals surface area contributed by atoms with Crippen molar-refractivity contribution in [1.29, 1.82) is 0 Å². The summed E-state index contributed by atoms with van der Waals surface area (Å²) in [6.45, 7) is 10.2. The van der Waals surface area contributed by atoms with E-state index in [-0.39, 0.29) is 37.7 Å². The van der Waals surface area contributed by atoms with Gasteiger partial charge in [0.1, 0.15) is 0 Å². The number of hydrogen-bond acceptors (Lipinski definition) is 3. The molecule has 0 saturated heterocycles. The second kappa shape index (κ2) is 16.6. The zero-order valence-corrected chi connectivity index (χ0v) is 16.7. The minimum absolute atomic E-state index is 0. The third kappa shape index (κ3) is 11.4. The molecule has 0 aliphatic rings. The van der Waals surface area contributed by atoms with E-state index >= 15 is 0 Å². The topological polar surface area (TPSA) is 55.7 Å². The number of H-pyrrole nitrogens is 1. The molecule has 0 fully saturated rings. The Bertz CT molecular complexity index is 406. The summed E-state index contributed by atoms with van der Waals surface area (Å²) < 4.78 is 0. The molecule has 0 radical (unpaired) electrons. The van der Waals surface area contributed by atoms with Crippen LogP contribution in [0.1, 0.15) is 40.5 Å². The molecule has 21 heavy (non-hydrogen) atoms. The molecular weight excluding hydrogens is 308 g/mol. The molecular formula is C15H26CaN4S. The van der Waals surface area contributed by atoms with Gasteiger partial charge in [-0.25, -0.2) is 0 Å². The van der Waals surface area contributed by atoms with Crippen LogP contribution in [0.5, 0.6) is 0 Å². The van der Waals surface area contributed by atoms with Crippen LogP contribution in [0.25, 0.3) is 16.5 Å². The van der Waals surface area contributed by atoms with E-state index in [9.17, 15) is 0 Å². The fourth-order valence-electron chi connectivity index (χ4n) is 1.33. The summed E-state index contributed by atoms with van der Waals surface area (Å²) in [5.41, 5.74) is 1.65. The minimum atomic E-state index is 0. The van der Waals surface area contributed by atoms with E-state index in [1.165, 1.54) is 0 Å². The molecule has 114 valence electrons. The molecule has 6 heteroatoms. The van der Waals surface area contributed by atoms with E-state index < -0.39 is 0 Å². The molecule has 1 atom stereocenters. The quantitative estimate of drug-likeness (QED) is 0.377. The third-order valence-corrected chi connectivity index (χ3v) is 3.08. The van der Waals surface area contributed by atoms with Gasteiger partial charge < -0.3 is 20.3 Å². The Hall–Kier alpha value is 0.190. The third-order valence-electron chi connectivity index (χ3n) is 2.45. The molecule has 4 nitrogen and oxygen atoms in total. The van der Waals surface area contributed by atoms with Gasteiger partial charge in [-0.15, -0.1) is 6.54 Å². The predicted molar refractivity (Wildman–Crippen MR) is 96.3 cm³/mol. The van der Waals surface area contributed by atoms with E-state index in [4.69, 9.17) is 0 Å². The number of thiol groups is 1. The van der Waals surface area contributed by atoms with Gasteiger partial charge in [0.2, 0.25) is 0 Å². The van der Waals surface area contributed by atoms with Gasteiger partial charge in [0.15, 0.2) is 0 Å². The van der Waals surface area contributed by atoms with Crippen LogP contribution in [0.3, 0.4) is 0 Å². The van der Waals surface area contributed by atoms with E-state index in [2.05, 4.69) is 53.1 Å². The first-order valence-corrected chi connectivity index (χ1v) is 7.77. The van der Waals surface area contributed by atoms with Crippen molar-refractivity contribution < 1.29 is 0 Å². The maximum atomic E-state index is 4.34. The fourth-order valence-corrected chi connectivity index (χ4v) is 1.44. The van der Waals surface area contributed by atoms with E-state index in [0.717, 1.165) is 37.1 Å². The van der Waals surface area contributed by atoms with Crippen molar-refractivity contribution in [2.75, 3.05) is 13.1 Å². The Labute approximate surface area is 164 Å². The zero-order chi connectivity index (χ0) is 15.2. The van der Waals surface area contributed by atoms with Crippen LogP contribution < -0.4 is 0 Å². The van der Waals surface area contributed by atoms with Crippen LogP contribution >= 0.6 is 12.6 Å². The Morgan fingerprint density at radius 3 is 2.67 bits per heavy atom. The summed E-state index contributed by atoms with van der Waals surface area (Å²) in [6.07, 6.45) is 6.60. The van der Waals surface area contributed by atoms with Gasteiger partial charge in [-0.05, 0) is 18.0 Å². The van der Waals surface area contributed by atoms with Gasteiger partial charge in [0.25, 0.3) is 0 Å². The van der Waals surface area contributed by atoms with Crippen molar-refractivity contribution in [3.8, 4) is 0 Å². The molecule has 0 aliphatic carbocycles. The van der Waals surface area contributed by atoms with Crippen LogP contribution in [0.15, 0.2) is 18.3 Å². The number of fused-ring (bicyclic) bond motifs is 1. The molecule has 0 aromatic carbocycles.